The third-order valence-corrected chi connectivity index (χ3v) is 9.82. The molecule has 2 saturated heterocycles. The van der Waals surface area contributed by atoms with Crippen molar-refractivity contribution in [2.45, 2.75) is 64.5 Å². The van der Waals surface area contributed by atoms with Gasteiger partial charge in [0.1, 0.15) is 28.2 Å². The minimum absolute atomic E-state index is 0.0972. The Hall–Kier alpha value is -3.65. The van der Waals surface area contributed by atoms with Gasteiger partial charge in [0, 0.05) is 70.5 Å². The van der Waals surface area contributed by atoms with Crippen molar-refractivity contribution in [3.8, 4) is 5.75 Å². The minimum atomic E-state index is -0.412. The topological polar surface area (TPSA) is 115 Å². The highest BCUT2D eigenvalue weighted by Crippen LogP contribution is 2.35. The molecule has 0 radical (unpaired) electrons. The number of unbranched alkanes of at least 4 members (excludes halogenated alkanes) is 1. The van der Waals surface area contributed by atoms with E-state index in [4.69, 9.17) is 21.1 Å². The van der Waals surface area contributed by atoms with E-state index < -0.39 is 5.60 Å². The molecule has 2 fully saturated rings. The van der Waals surface area contributed by atoms with Crippen LogP contribution in [0.15, 0.2) is 48.7 Å². The van der Waals surface area contributed by atoms with Gasteiger partial charge in [-0.3, -0.25) is 14.0 Å². The number of para-hydroxylation sites is 2. The molecule has 272 valence electrons. The van der Waals surface area contributed by atoms with Gasteiger partial charge < -0.3 is 29.9 Å². The number of hydrogen-bond acceptors (Lipinski definition) is 11. The number of thiol groups is 1. The van der Waals surface area contributed by atoms with Gasteiger partial charge in [-0.15, -0.1) is 0 Å². The maximum Gasteiger partial charge on any atom is 0.306 e. The SMILES string of the molecule is COc1cc(N2CCC(N3CCN(CCCCC(=O)OC(C)(C)C)CC3)CC2)ccc1Nc1ncc(Cl)c(Nc2ccccc2N(C)[SH]=O)n1. The van der Waals surface area contributed by atoms with Crippen molar-refractivity contribution in [3.63, 3.8) is 0 Å². The zero-order valence-corrected chi connectivity index (χ0v) is 31.5. The maximum absolute atomic E-state index is 12.0. The Kier molecular flexibility index (Phi) is 13.2. The van der Waals surface area contributed by atoms with Crippen LogP contribution >= 0.6 is 11.6 Å². The van der Waals surface area contributed by atoms with Crippen molar-refractivity contribution < 1.29 is 18.5 Å². The molecule has 0 spiro atoms. The normalized spacial score (nSPS) is 16.2. The van der Waals surface area contributed by atoms with Crippen LogP contribution in [0.5, 0.6) is 5.75 Å². The molecule has 0 saturated carbocycles. The Labute approximate surface area is 305 Å². The van der Waals surface area contributed by atoms with Gasteiger partial charge in [-0.05, 0) is 77.3 Å². The molecule has 5 rings (SSSR count). The van der Waals surface area contributed by atoms with Crippen LogP contribution in [0.2, 0.25) is 5.02 Å². The lowest BCUT2D eigenvalue weighted by atomic mass is 10.0. The average molecular weight is 727 g/mol. The number of rotatable bonds is 14. The van der Waals surface area contributed by atoms with Crippen molar-refractivity contribution >= 4 is 63.9 Å². The van der Waals surface area contributed by atoms with Crippen molar-refractivity contribution in [1.29, 1.82) is 0 Å². The number of carbonyl (C=O) groups is 1. The highest BCUT2D eigenvalue weighted by atomic mass is 35.5. The summed E-state index contributed by atoms with van der Waals surface area (Å²) in [6.45, 7) is 13.1. The number of esters is 1. The monoisotopic (exact) mass is 726 g/mol. The van der Waals surface area contributed by atoms with E-state index in [1.165, 1.54) is 6.20 Å². The fourth-order valence-corrected chi connectivity index (χ4v) is 6.89. The van der Waals surface area contributed by atoms with E-state index in [9.17, 15) is 9.00 Å². The molecule has 50 heavy (non-hydrogen) atoms. The van der Waals surface area contributed by atoms with E-state index in [0.29, 0.717) is 40.7 Å². The van der Waals surface area contributed by atoms with Crippen molar-refractivity contribution in [1.82, 2.24) is 19.8 Å². The second-order valence-corrected chi connectivity index (χ2v) is 15.0. The predicted octanol–water partition coefficient (Wildman–Crippen LogP) is 6.02. The van der Waals surface area contributed by atoms with Crippen molar-refractivity contribution in [2.24, 2.45) is 0 Å². The van der Waals surface area contributed by atoms with Gasteiger partial charge >= 0.3 is 5.97 Å². The fraction of sp³-hybridized carbons (Fsp3) is 0.528. The Morgan fingerprint density at radius 1 is 1.02 bits per heavy atom. The largest absolute Gasteiger partial charge is 0.494 e. The van der Waals surface area contributed by atoms with E-state index in [1.807, 2.05) is 51.1 Å². The summed E-state index contributed by atoms with van der Waals surface area (Å²) in [4.78, 5) is 28.6. The van der Waals surface area contributed by atoms with Gasteiger partial charge in [0.2, 0.25) is 5.95 Å². The summed E-state index contributed by atoms with van der Waals surface area (Å²) >= 11 is 6.32. The molecule has 0 aliphatic carbocycles. The van der Waals surface area contributed by atoms with Crippen LogP contribution in [0.25, 0.3) is 0 Å². The maximum atomic E-state index is 12.0. The second kappa shape index (κ2) is 17.5. The quantitative estimate of drug-likeness (QED) is 0.103. The van der Waals surface area contributed by atoms with Gasteiger partial charge in [-0.25, -0.2) is 9.19 Å². The van der Waals surface area contributed by atoms with E-state index in [0.717, 1.165) is 88.6 Å². The molecule has 3 aromatic rings. The number of carbonyl (C=O) groups excluding carboxylic acids is 1. The Morgan fingerprint density at radius 2 is 1.76 bits per heavy atom. The van der Waals surface area contributed by atoms with Gasteiger partial charge in [-0.1, -0.05) is 23.7 Å². The van der Waals surface area contributed by atoms with Crippen molar-refractivity contribution in [3.05, 3.63) is 53.7 Å². The highest BCUT2D eigenvalue weighted by molar-refractivity contribution is 7.67. The first-order valence-electron chi connectivity index (χ1n) is 17.4. The summed E-state index contributed by atoms with van der Waals surface area (Å²) in [6, 6.07) is 14.2. The molecule has 2 aliphatic rings. The number of hydrogen-bond donors (Lipinski definition) is 3. The van der Waals surface area contributed by atoms with E-state index in [1.54, 1.807) is 18.5 Å². The van der Waals surface area contributed by atoms with E-state index in [2.05, 4.69) is 47.4 Å². The Balaban J connectivity index is 1.10. The van der Waals surface area contributed by atoms with Gasteiger partial charge in [-0.2, -0.15) is 4.98 Å². The van der Waals surface area contributed by atoms with Crippen molar-refractivity contribution in [2.75, 3.05) is 79.8 Å². The standard InChI is InChI=1S/C36H51ClN8O4S/c1-36(2,3)49-33(46)12-8-9-17-43-20-22-45(23-21-43)26-15-18-44(19-16-26)27-13-14-30(32(24-27)48-5)40-35-38-25-28(37)34(41-35)39-29-10-6-7-11-31(29)42(4)50-47/h6-7,10-11,13-14,24-26,50H,8-9,12,15-23H2,1-5H3,(H2,38,39,40,41). The number of piperidine rings is 1. The van der Waals surface area contributed by atoms with Crippen LogP contribution in [0.3, 0.4) is 0 Å². The first-order valence-corrected chi connectivity index (χ1v) is 18.5. The van der Waals surface area contributed by atoms with E-state index in [-0.39, 0.29) is 17.8 Å². The smallest absolute Gasteiger partial charge is 0.306 e. The molecule has 14 heteroatoms. The molecule has 0 unspecified atom stereocenters. The molecule has 3 heterocycles. The molecule has 2 N–H and O–H groups in total. The highest BCUT2D eigenvalue weighted by Gasteiger charge is 2.28. The summed E-state index contributed by atoms with van der Waals surface area (Å²) in [6.07, 6.45) is 6.19. The first kappa shape index (κ1) is 37.6. The molecule has 2 aromatic carbocycles. The average Bonchev–Trinajstić information content (AvgIpc) is 3.11. The van der Waals surface area contributed by atoms with Gasteiger partial charge in [0.05, 0.1) is 30.4 Å². The van der Waals surface area contributed by atoms with Crippen LogP contribution in [0.1, 0.15) is 52.9 Å². The molecule has 0 atom stereocenters. The van der Waals surface area contributed by atoms with E-state index >= 15 is 0 Å². The van der Waals surface area contributed by atoms with Gasteiger partial charge in [0.15, 0.2) is 5.82 Å². The second-order valence-electron chi connectivity index (χ2n) is 13.8. The summed E-state index contributed by atoms with van der Waals surface area (Å²) < 4.78 is 24.3. The predicted molar refractivity (Wildman–Crippen MR) is 204 cm³/mol. The summed E-state index contributed by atoms with van der Waals surface area (Å²) in [5, 5.41) is 6.88. The number of anilines is 6. The lowest BCUT2D eigenvalue weighted by molar-refractivity contribution is -0.154. The summed E-state index contributed by atoms with van der Waals surface area (Å²) in [7, 11) is 3.39. The summed E-state index contributed by atoms with van der Waals surface area (Å²) in [5.41, 5.74) is 2.90. The zero-order valence-electron chi connectivity index (χ0n) is 29.8. The molecular formula is C36H51ClN8O4S. The number of aromatic nitrogens is 2. The molecule has 2 aliphatic heterocycles. The molecule has 0 amide bonds. The van der Waals surface area contributed by atoms with Crippen LogP contribution in [0, 0.1) is 0 Å². The molecule has 12 nitrogen and oxygen atoms in total. The van der Waals surface area contributed by atoms with Crippen LogP contribution in [-0.2, 0) is 21.4 Å². The number of nitrogens with one attached hydrogen (secondary N) is 2. The van der Waals surface area contributed by atoms with Crippen LogP contribution in [0.4, 0.5) is 34.5 Å². The van der Waals surface area contributed by atoms with Crippen LogP contribution < -0.4 is 24.6 Å². The lowest BCUT2D eigenvalue weighted by Gasteiger charge is -2.43. The minimum Gasteiger partial charge on any atom is -0.494 e. The number of ether oxygens (including phenoxy) is 2. The number of methoxy groups -OCH3 is 1. The first-order chi connectivity index (χ1) is 24.0. The fourth-order valence-electron chi connectivity index (χ4n) is 6.49. The Morgan fingerprint density at radius 3 is 2.46 bits per heavy atom. The number of piperazine rings is 1. The summed E-state index contributed by atoms with van der Waals surface area (Å²) in [5.74, 6) is 1.38. The van der Waals surface area contributed by atoms with Crippen LogP contribution in [-0.4, -0.2) is 102 Å². The Bertz CT molecular complexity index is 1590. The third kappa shape index (κ3) is 10.4. The molecular weight excluding hydrogens is 676 g/mol. The lowest BCUT2D eigenvalue weighted by Crippen LogP contribution is -2.53. The number of nitrogens with zero attached hydrogens (tertiary/aromatic N) is 6. The third-order valence-electron chi connectivity index (χ3n) is 9.08. The number of benzene rings is 2. The molecule has 0 bridgehead atoms. The van der Waals surface area contributed by atoms with Gasteiger partial charge in [0.25, 0.3) is 0 Å². The zero-order chi connectivity index (χ0) is 35.7. The number of halogens is 1. The molecule has 1 aromatic heterocycles.